The number of fused-ring (bicyclic) bond motifs is 1. The number of halogens is 3. The fourth-order valence-electron chi connectivity index (χ4n) is 4.12. The Kier molecular flexibility index (Phi) is 5.06. The fraction of sp³-hybridized carbons (Fsp3) is 0.450. The Morgan fingerprint density at radius 3 is 2.55 bits per heavy atom. The average molecular weight is 435 g/mol. The van der Waals surface area contributed by atoms with Gasteiger partial charge in [-0.25, -0.2) is 9.97 Å². The van der Waals surface area contributed by atoms with E-state index in [2.05, 4.69) is 15.0 Å². The topological polar surface area (TPSA) is 88.5 Å². The van der Waals surface area contributed by atoms with Crippen LogP contribution in [-0.2, 0) is 11.0 Å². The van der Waals surface area contributed by atoms with Gasteiger partial charge in [-0.15, -0.1) is 0 Å². The smallest absolute Gasteiger partial charge is 0.433 e. The number of carbonyl (C=O) groups is 2. The van der Waals surface area contributed by atoms with E-state index >= 15 is 0 Å². The molecule has 31 heavy (non-hydrogen) atoms. The first-order valence-corrected chi connectivity index (χ1v) is 9.63. The maximum atomic E-state index is 13.0. The summed E-state index contributed by atoms with van der Waals surface area (Å²) >= 11 is 0. The van der Waals surface area contributed by atoms with Crippen LogP contribution in [0.25, 0.3) is 0 Å². The first kappa shape index (κ1) is 21.0. The molecule has 3 atom stereocenters. The number of aromatic nitrogens is 3. The van der Waals surface area contributed by atoms with Gasteiger partial charge < -0.3 is 14.5 Å². The molecule has 0 N–H and O–H groups in total. The lowest BCUT2D eigenvalue weighted by Gasteiger charge is -2.23. The largest absolute Gasteiger partial charge is 0.464 e. The lowest BCUT2D eigenvalue weighted by atomic mass is 10.0. The summed E-state index contributed by atoms with van der Waals surface area (Å²) in [4.78, 5) is 40.5. The lowest BCUT2D eigenvalue weighted by molar-refractivity contribution is -0.141. The Hall–Kier alpha value is -3.24. The third kappa shape index (κ3) is 3.79. The van der Waals surface area contributed by atoms with Gasteiger partial charge >= 0.3 is 6.18 Å². The van der Waals surface area contributed by atoms with Crippen molar-refractivity contribution in [2.45, 2.75) is 32.2 Å². The van der Waals surface area contributed by atoms with E-state index < -0.39 is 23.9 Å². The fourth-order valence-corrected chi connectivity index (χ4v) is 4.12. The predicted molar refractivity (Wildman–Crippen MR) is 101 cm³/mol. The second-order valence-corrected chi connectivity index (χ2v) is 7.70. The maximum Gasteiger partial charge on any atom is 0.433 e. The first-order valence-electron chi connectivity index (χ1n) is 9.63. The van der Waals surface area contributed by atoms with E-state index in [1.54, 1.807) is 24.9 Å². The van der Waals surface area contributed by atoms with Crippen molar-refractivity contribution in [3.8, 4) is 5.88 Å². The Labute approximate surface area is 176 Å². The van der Waals surface area contributed by atoms with Crippen molar-refractivity contribution < 1.29 is 27.5 Å². The molecular formula is C20H20F3N5O3. The molecule has 11 heteroatoms. The van der Waals surface area contributed by atoms with Gasteiger partial charge in [0.2, 0.25) is 5.88 Å². The highest BCUT2D eigenvalue weighted by Gasteiger charge is 2.53. The Bertz CT molecular complexity index is 1040. The van der Waals surface area contributed by atoms with Crippen molar-refractivity contribution in [2.75, 3.05) is 20.1 Å². The van der Waals surface area contributed by atoms with Gasteiger partial charge in [0.05, 0.1) is 17.3 Å². The molecule has 2 aromatic heterocycles. The molecule has 8 nitrogen and oxygen atoms in total. The Morgan fingerprint density at radius 2 is 1.90 bits per heavy atom. The van der Waals surface area contributed by atoms with E-state index in [1.165, 1.54) is 18.0 Å². The zero-order valence-electron chi connectivity index (χ0n) is 17.1. The summed E-state index contributed by atoms with van der Waals surface area (Å²) < 4.78 is 44.4. The van der Waals surface area contributed by atoms with Crippen LogP contribution in [-0.4, -0.2) is 68.8 Å². The molecule has 0 unspecified atom stereocenters. The number of amides is 2. The molecule has 4 heterocycles. The average Bonchev–Trinajstić information content (AvgIpc) is 3.22. The van der Waals surface area contributed by atoms with Gasteiger partial charge in [0, 0.05) is 38.3 Å². The number of ether oxygens (including phenoxy) is 1. The second-order valence-electron chi connectivity index (χ2n) is 7.70. The molecule has 0 aromatic carbocycles. The number of likely N-dealkylation sites (N-methyl/N-ethyl adjacent to an activating group) is 1. The lowest BCUT2D eigenvalue weighted by Crippen LogP contribution is -2.40. The molecule has 2 saturated heterocycles. The normalized spacial score (nSPS) is 23.3. The van der Waals surface area contributed by atoms with E-state index in [1.807, 2.05) is 0 Å². The molecule has 2 aliphatic heterocycles. The van der Waals surface area contributed by atoms with Crippen LogP contribution in [0.1, 0.15) is 27.6 Å². The number of hydrogen-bond acceptors (Lipinski definition) is 6. The molecule has 0 radical (unpaired) electrons. The first-order chi connectivity index (χ1) is 14.6. The van der Waals surface area contributed by atoms with E-state index in [9.17, 15) is 22.8 Å². The van der Waals surface area contributed by atoms with E-state index in [4.69, 9.17) is 4.74 Å². The summed E-state index contributed by atoms with van der Waals surface area (Å²) in [6.45, 7) is 3.57. The van der Waals surface area contributed by atoms with Crippen molar-refractivity contribution in [1.29, 1.82) is 0 Å². The van der Waals surface area contributed by atoms with E-state index in [0.29, 0.717) is 5.82 Å². The third-order valence-electron chi connectivity index (χ3n) is 5.70. The van der Waals surface area contributed by atoms with Crippen LogP contribution in [0.15, 0.2) is 24.4 Å². The van der Waals surface area contributed by atoms with Crippen molar-refractivity contribution >= 4 is 11.8 Å². The van der Waals surface area contributed by atoms with E-state index in [0.717, 1.165) is 12.1 Å². The number of nitrogens with zero attached hydrogens (tertiary/aromatic N) is 5. The van der Waals surface area contributed by atoms with Gasteiger partial charge in [-0.05, 0) is 26.0 Å². The van der Waals surface area contributed by atoms with Crippen LogP contribution in [0.4, 0.5) is 13.2 Å². The van der Waals surface area contributed by atoms with Crippen LogP contribution >= 0.6 is 0 Å². The van der Waals surface area contributed by atoms with Gasteiger partial charge in [0.1, 0.15) is 11.5 Å². The van der Waals surface area contributed by atoms with Gasteiger partial charge in [-0.2, -0.15) is 18.2 Å². The number of hydrogen-bond donors (Lipinski definition) is 0. The summed E-state index contributed by atoms with van der Waals surface area (Å²) in [5, 5.41) is 0. The van der Waals surface area contributed by atoms with Gasteiger partial charge in [0.15, 0.2) is 6.10 Å². The van der Waals surface area contributed by atoms with Crippen LogP contribution in [0.3, 0.4) is 0 Å². The van der Waals surface area contributed by atoms with E-state index in [-0.39, 0.29) is 48.1 Å². The van der Waals surface area contributed by atoms with Crippen LogP contribution in [0.2, 0.25) is 0 Å². The minimum absolute atomic E-state index is 0.00516. The molecule has 2 amide bonds. The second kappa shape index (κ2) is 7.47. The number of aryl methyl sites for hydroxylation is 2. The molecular weight excluding hydrogens is 415 g/mol. The molecule has 0 bridgehead atoms. The van der Waals surface area contributed by atoms with Gasteiger partial charge in [-0.3, -0.25) is 9.59 Å². The number of pyridine rings is 1. The molecule has 2 fully saturated rings. The zero-order valence-corrected chi connectivity index (χ0v) is 17.1. The standard InChI is InChI=1S/C20H20F3N5O3/c1-10-12(4-5-15(25-10)20(21,22)23)18(29)28-8-13-14(9-28)27(3)19(30)17(13)31-16-6-7-24-11(2)26-16/h4-7,13-14,17H,8-9H2,1-3H3/t13-,14+,17-/m0/s1. The SMILES string of the molecule is Cc1nccc(O[C@@H]2C(=O)N(C)[C@@H]3CN(C(=O)c4ccc(C(F)(F)F)nc4C)C[C@H]23)n1. The highest BCUT2D eigenvalue weighted by atomic mass is 19.4. The van der Waals surface area contributed by atoms with Crippen molar-refractivity contribution in [3.05, 3.63) is 47.2 Å². The number of carbonyl (C=O) groups excluding carboxylic acids is 2. The molecule has 164 valence electrons. The summed E-state index contributed by atoms with van der Waals surface area (Å²) in [6, 6.07) is 3.25. The summed E-state index contributed by atoms with van der Waals surface area (Å²) in [6.07, 6.45) is -3.86. The van der Waals surface area contributed by atoms with Crippen molar-refractivity contribution in [1.82, 2.24) is 24.8 Å². The van der Waals surface area contributed by atoms with Gasteiger partial charge in [-0.1, -0.05) is 0 Å². The number of rotatable bonds is 3. The highest BCUT2D eigenvalue weighted by molar-refractivity contribution is 5.96. The molecule has 2 aromatic rings. The maximum absolute atomic E-state index is 13.0. The molecule has 2 aliphatic rings. The van der Waals surface area contributed by atoms with Crippen molar-refractivity contribution in [2.24, 2.45) is 5.92 Å². The quantitative estimate of drug-likeness (QED) is 0.732. The summed E-state index contributed by atoms with van der Waals surface area (Å²) in [7, 11) is 1.65. The predicted octanol–water partition coefficient (Wildman–Crippen LogP) is 1.87. The highest BCUT2D eigenvalue weighted by Crippen LogP contribution is 2.35. The minimum Gasteiger partial charge on any atom is -0.464 e. The summed E-state index contributed by atoms with van der Waals surface area (Å²) in [5.41, 5.74) is -0.935. The molecule has 0 spiro atoms. The van der Waals surface area contributed by atoms with Crippen molar-refractivity contribution in [3.63, 3.8) is 0 Å². The van der Waals surface area contributed by atoms with Crippen LogP contribution < -0.4 is 4.74 Å². The number of alkyl halides is 3. The zero-order chi connectivity index (χ0) is 22.5. The van der Waals surface area contributed by atoms with Crippen LogP contribution in [0.5, 0.6) is 5.88 Å². The Morgan fingerprint density at radius 1 is 1.16 bits per heavy atom. The minimum atomic E-state index is -4.58. The Balaban J connectivity index is 1.53. The molecule has 4 rings (SSSR count). The number of likely N-dealkylation sites (tertiary alicyclic amines) is 2. The monoisotopic (exact) mass is 435 g/mol. The molecule has 0 aliphatic carbocycles. The molecule has 0 saturated carbocycles. The van der Waals surface area contributed by atoms with Gasteiger partial charge in [0.25, 0.3) is 11.8 Å². The third-order valence-corrected chi connectivity index (χ3v) is 5.70. The van der Waals surface area contributed by atoms with Crippen LogP contribution in [0, 0.1) is 19.8 Å². The summed E-state index contributed by atoms with van der Waals surface area (Å²) in [5.74, 6) is -0.149.